The molecular formula is C122H140N6O9. The van der Waals surface area contributed by atoms with Gasteiger partial charge in [-0.05, 0) is 324 Å². The third-order valence-corrected chi connectivity index (χ3v) is 28.6. The van der Waals surface area contributed by atoms with Gasteiger partial charge in [-0.1, -0.05) is 248 Å². The minimum Gasteiger partial charge on any atom is -0.508 e. The first-order valence-electron chi connectivity index (χ1n) is 50.2. The van der Waals surface area contributed by atoms with Gasteiger partial charge < -0.3 is 55.4 Å². The first-order valence-corrected chi connectivity index (χ1v) is 50.2. The molecule has 2 saturated carbocycles. The van der Waals surface area contributed by atoms with Crippen LogP contribution in [0.15, 0.2) is 315 Å². The summed E-state index contributed by atoms with van der Waals surface area (Å²) in [5.41, 5.74) is 27.6. The lowest BCUT2D eigenvalue weighted by Gasteiger charge is -2.40. The number of benzene rings is 12. The number of rotatable bonds is 36. The maximum Gasteiger partial charge on any atom is 0.119 e. The molecule has 0 bridgehead atoms. The molecule has 19 rings (SSSR count). The van der Waals surface area contributed by atoms with Crippen LogP contribution in [0.1, 0.15) is 181 Å². The predicted octanol–water partition coefficient (Wildman–Crippen LogP) is 22.6. The molecule has 0 amide bonds. The lowest BCUT2D eigenvalue weighted by atomic mass is 9.85. The van der Waals surface area contributed by atoms with Gasteiger partial charge >= 0.3 is 0 Å². The molecule has 7 fully saturated rings. The van der Waals surface area contributed by atoms with Crippen molar-refractivity contribution < 1.29 is 45.2 Å². The zero-order chi connectivity index (χ0) is 94.7. The number of hydrogen-bond donors (Lipinski definition) is 8. The van der Waals surface area contributed by atoms with Crippen molar-refractivity contribution >= 4 is 50.3 Å². The first kappa shape index (κ1) is 98.1. The SMILES string of the molecule is Cc1ccc(/C(=C(\CCCO)c2ccccc2)c2ccc(N3CCN(C(C)C)CC3)cc2)cc1.OCCC/C(=C(\c1ccc(O)cc1)c1ccc(C2CN(C3CC3)C2)cc1)c1ccccc1.OCCC/C(=C(\c1ccc(O)cc1)c1ccc(OCCN2CC3CC3C2)cc1)c1ccccc1.OCCC/C(=C(\c1ccc(O)cc1)c1ccc(OCCN2CCC3(CCNC3)C2)cc1)c1ccccc1. The fourth-order valence-electron chi connectivity index (χ4n) is 20.7. The van der Waals surface area contributed by atoms with Gasteiger partial charge in [0.1, 0.15) is 42.0 Å². The average molecular weight is 1830 g/mol. The van der Waals surface area contributed by atoms with E-state index in [2.05, 4.69) is 239 Å². The number of phenolic OH excluding ortho intramolecular Hbond substituents is 3. The van der Waals surface area contributed by atoms with E-state index in [9.17, 15) is 35.7 Å². The second-order valence-electron chi connectivity index (χ2n) is 38.6. The van der Waals surface area contributed by atoms with E-state index in [4.69, 9.17) is 9.47 Å². The molecule has 7 aliphatic rings. The smallest absolute Gasteiger partial charge is 0.119 e. The van der Waals surface area contributed by atoms with E-state index >= 15 is 0 Å². The number of hydrogen-bond acceptors (Lipinski definition) is 15. The average Bonchev–Trinajstić information content (AvgIpc) is 1.59. The molecule has 15 nitrogen and oxygen atoms in total. The highest BCUT2D eigenvalue weighted by Crippen LogP contribution is 2.47. The highest BCUT2D eigenvalue weighted by atomic mass is 16.5. The summed E-state index contributed by atoms with van der Waals surface area (Å²) in [6.07, 6.45) is 12.7. The molecule has 1 spiro atoms. The molecule has 12 aromatic rings. The lowest BCUT2D eigenvalue weighted by Crippen LogP contribution is -2.48. The third-order valence-electron chi connectivity index (χ3n) is 28.6. The molecule has 15 heteroatoms. The number of phenols is 3. The van der Waals surface area contributed by atoms with Crippen LogP contribution < -0.4 is 19.7 Å². The Hall–Kier alpha value is -12.0. The number of piperazine rings is 1. The molecule has 8 N–H and O–H groups in total. The third kappa shape index (κ3) is 26.7. The van der Waals surface area contributed by atoms with E-state index in [0.29, 0.717) is 49.9 Å². The van der Waals surface area contributed by atoms with Gasteiger partial charge in [-0.15, -0.1) is 0 Å². The summed E-state index contributed by atoms with van der Waals surface area (Å²) in [5.74, 6) is 5.08. The molecule has 5 heterocycles. The Labute approximate surface area is 813 Å². The number of aliphatic hydroxyl groups is 4. The Morgan fingerprint density at radius 2 is 0.715 bits per heavy atom. The maximum absolute atomic E-state index is 9.89. The number of piperidine rings is 1. The summed E-state index contributed by atoms with van der Waals surface area (Å²) in [6.45, 7) is 24.6. The van der Waals surface area contributed by atoms with Gasteiger partial charge in [-0.2, -0.15) is 0 Å². The quantitative estimate of drug-likeness (QED) is 0.0173. The minimum atomic E-state index is 0.140. The predicted molar refractivity (Wildman–Crippen MR) is 562 cm³/mol. The Morgan fingerprint density at radius 3 is 1.06 bits per heavy atom. The van der Waals surface area contributed by atoms with Crippen molar-refractivity contribution in [2.24, 2.45) is 17.3 Å². The van der Waals surface area contributed by atoms with Gasteiger partial charge in [0.05, 0.1) is 0 Å². The van der Waals surface area contributed by atoms with E-state index in [0.717, 1.165) is 164 Å². The number of fused-ring (bicyclic) bond motifs is 1. The van der Waals surface area contributed by atoms with E-state index in [1.807, 2.05) is 91.0 Å². The molecule has 3 atom stereocenters. The normalized spacial score (nSPS) is 18.4. The van der Waals surface area contributed by atoms with Gasteiger partial charge in [0.25, 0.3) is 0 Å². The van der Waals surface area contributed by atoms with Crippen LogP contribution in [0, 0.1) is 24.2 Å². The summed E-state index contributed by atoms with van der Waals surface area (Å²) < 4.78 is 12.2. The van der Waals surface area contributed by atoms with Crippen molar-refractivity contribution in [1.82, 2.24) is 24.9 Å². The largest absolute Gasteiger partial charge is 0.508 e. The van der Waals surface area contributed by atoms with Crippen LogP contribution in [0.25, 0.3) is 44.6 Å². The van der Waals surface area contributed by atoms with Gasteiger partial charge in [0.15, 0.2) is 0 Å². The zero-order valence-corrected chi connectivity index (χ0v) is 80.4. The topological polar surface area (TPSA) is 188 Å². The second-order valence-corrected chi connectivity index (χ2v) is 38.6. The summed E-state index contributed by atoms with van der Waals surface area (Å²) in [6, 6.07) is 109. The molecule has 0 aromatic heterocycles. The molecular weight excluding hydrogens is 1690 g/mol. The first-order chi connectivity index (χ1) is 67.2. The number of aliphatic hydroxyl groups excluding tert-OH is 4. The van der Waals surface area contributed by atoms with Crippen LogP contribution in [0.2, 0.25) is 0 Å². The van der Waals surface area contributed by atoms with E-state index < -0.39 is 0 Å². The van der Waals surface area contributed by atoms with E-state index in [-0.39, 0.29) is 43.7 Å². The number of ether oxygens (including phenoxy) is 2. The number of nitrogens with zero attached hydrogens (tertiary/aromatic N) is 5. The monoisotopic (exact) mass is 1830 g/mol. The van der Waals surface area contributed by atoms with Gasteiger partial charge in [0, 0.05) is 129 Å². The van der Waals surface area contributed by atoms with Crippen LogP contribution in [0.4, 0.5) is 5.69 Å². The zero-order valence-electron chi connectivity index (χ0n) is 80.4. The summed E-state index contributed by atoms with van der Waals surface area (Å²) in [7, 11) is 0. The highest BCUT2D eigenvalue weighted by Gasteiger charge is 2.45. The van der Waals surface area contributed by atoms with Gasteiger partial charge in [-0.3, -0.25) is 19.6 Å². The maximum atomic E-state index is 9.89. The van der Waals surface area contributed by atoms with Crippen molar-refractivity contribution in [2.45, 2.75) is 122 Å². The van der Waals surface area contributed by atoms with Crippen LogP contribution in [0.5, 0.6) is 28.7 Å². The second kappa shape index (κ2) is 48.9. The molecule has 5 aliphatic heterocycles. The van der Waals surface area contributed by atoms with E-state index in [1.54, 1.807) is 36.4 Å². The van der Waals surface area contributed by atoms with Crippen LogP contribution >= 0.6 is 0 Å². The Kier molecular flexibility index (Phi) is 35.0. The molecule has 137 heavy (non-hydrogen) atoms. The van der Waals surface area contributed by atoms with Crippen LogP contribution in [-0.4, -0.2) is 199 Å². The number of likely N-dealkylation sites (tertiary alicyclic amines) is 3. The van der Waals surface area contributed by atoms with Crippen molar-refractivity contribution in [1.29, 1.82) is 0 Å². The van der Waals surface area contributed by atoms with Crippen molar-refractivity contribution in [3.63, 3.8) is 0 Å². The summed E-state index contributed by atoms with van der Waals surface area (Å²) in [4.78, 5) is 12.7. The summed E-state index contributed by atoms with van der Waals surface area (Å²) in [5, 5.41) is 71.5. The van der Waals surface area contributed by atoms with E-state index in [1.165, 1.54) is 149 Å². The van der Waals surface area contributed by atoms with Crippen molar-refractivity contribution in [2.75, 3.05) is 136 Å². The van der Waals surface area contributed by atoms with Crippen molar-refractivity contribution in [3.05, 3.63) is 393 Å². The number of aromatic hydroxyl groups is 3. The lowest BCUT2D eigenvalue weighted by molar-refractivity contribution is 0.139. The number of anilines is 1. The molecule has 12 aromatic carbocycles. The van der Waals surface area contributed by atoms with Crippen LogP contribution in [0.3, 0.4) is 0 Å². The van der Waals surface area contributed by atoms with Crippen LogP contribution in [-0.2, 0) is 0 Å². The molecule has 0 radical (unpaired) electrons. The molecule has 5 saturated heterocycles. The fourth-order valence-corrected chi connectivity index (χ4v) is 20.7. The van der Waals surface area contributed by atoms with Crippen molar-refractivity contribution in [3.8, 4) is 28.7 Å². The fraction of sp³-hybridized carbons (Fsp3) is 0.344. The number of nitrogens with one attached hydrogen (secondary N) is 1. The Morgan fingerprint density at radius 1 is 0.372 bits per heavy atom. The van der Waals surface area contributed by atoms with Gasteiger partial charge in [-0.25, -0.2) is 0 Å². The molecule has 3 unspecified atom stereocenters. The number of aryl methyl sites for hydroxylation is 1. The number of allylic oxidation sites excluding steroid dienone is 4. The summed E-state index contributed by atoms with van der Waals surface area (Å²) >= 11 is 0. The standard InChI is InChI=1S/C32H38N2O3.C31H38N2O.C30H33NO3.C29H31NO2/c35-21-4-7-30(25-5-2-1-3-6-25)31(26-8-12-28(36)13-9-26)27-10-14-29(15-11-27)37-22-20-34-19-17-32(24-34)16-18-33-23-32;1-24(2)32-19-21-33(22-20-32)29-17-15-28(16-18-29)31(27-13-11-25(3)12-14-27)30(10-7-23-34)26-8-5-4-6-9-26;32-17-4-7-29(22-5-2-1-3-6-22)30(23-8-12-27(33)13-9-23)24-10-14-28(15-11-24)34-18-16-31-20-25-19-26(25)21-31;31-18-4-7-28(22-5-2-1-3-6-22)29(24-12-16-27(32)17-13-24)23-10-8-21(9-11-23)25-19-30(20-25)26-14-15-26/h1-3,5-6,8-15,33,35-36H,4,7,16-24H2;4-6,8-9,11-18,24,34H,7,10,19-23H2,1-3H3;1-3,5-6,8-15,25-26,32-33H,4,7,16-21H2;1-3,5-6,8-13,16-17,25-26,31-32H,4,7,14-15,18-20H2/b2*31-30-;30-29-;29-28+. The molecule has 2 aliphatic carbocycles. The Balaban J connectivity index is 0.000000132. The molecule has 712 valence electrons. The van der Waals surface area contributed by atoms with Gasteiger partial charge in [0.2, 0.25) is 0 Å². The minimum absolute atomic E-state index is 0.140. The highest BCUT2D eigenvalue weighted by molar-refractivity contribution is 6.02. The Bertz CT molecular complexity index is 5850.